The summed E-state index contributed by atoms with van der Waals surface area (Å²) in [6, 6.07) is 9.87. The Morgan fingerprint density at radius 3 is 2.50 bits per heavy atom. The van der Waals surface area contributed by atoms with E-state index in [1.54, 1.807) is 12.1 Å². The fourth-order valence-corrected chi connectivity index (χ4v) is 4.12. The van der Waals surface area contributed by atoms with Gasteiger partial charge in [-0.25, -0.2) is 0 Å². The van der Waals surface area contributed by atoms with Gasteiger partial charge in [0.25, 0.3) is 0 Å². The summed E-state index contributed by atoms with van der Waals surface area (Å²) in [4.78, 5) is 4.51. The van der Waals surface area contributed by atoms with Gasteiger partial charge in [0.1, 0.15) is 0 Å². The minimum atomic E-state index is -1.45. The first kappa shape index (κ1) is 19.2. The first-order valence-corrected chi connectivity index (χ1v) is 10.9. The molecule has 1 aromatic heterocycles. The van der Waals surface area contributed by atoms with E-state index in [1.165, 1.54) is 16.8 Å². The van der Waals surface area contributed by atoms with Gasteiger partial charge in [0.15, 0.2) is 0 Å². The van der Waals surface area contributed by atoms with E-state index in [1.807, 2.05) is 6.20 Å². The van der Waals surface area contributed by atoms with Crippen molar-refractivity contribution in [2.45, 2.75) is 39.9 Å². The van der Waals surface area contributed by atoms with Crippen LogP contribution in [-0.2, 0) is 26.5 Å². The normalized spacial score (nSPS) is 11.4. The van der Waals surface area contributed by atoms with Crippen LogP contribution in [0.5, 0.6) is 0 Å². The molecule has 4 heteroatoms. The van der Waals surface area contributed by atoms with E-state index in [9.17, 15) is 4.39 Å². The zero-order valence-corrected chi connectivity index (χ0v) is 17.2. The third-order valence-corrected chi connectivity index (χ3v) is 5.55. The average Bonchev–Trinajstić information content (AvgIpc) is 2.37. The maximum absolute atomic E-state index is 13.9. The summed E-state index contributed by atoms with van der Waals surface area (Å²) in [6.07, 6.45) is 2.96. The molecule has 0 saturated carbocycles. The maximum atomic E-state index is 13.9. The number of halogens is 1. The molecule has 2 aromatic rings. The van der Waals surface area contributed by atoms with Crippen LogP contribution in [0.4, 0.5) is 4.39 Å². The summed E-state index contributed by atoms with van der Waals surface area (Å²) in [5.41, 5.74) is 2.46. The van der Waals surface area contributed by atoms with Crippen molar-refractivity contribution in [3.05, 3.63) is 47.9 Å². The third kappa shape index (κ3) is 4.58. The zero-order chi connectivity index (χ0) is 15.6. The quantitative estimate of drug-likeness (QED) is 0.455. The molecule has 0 spiro atoms. The Morgan fingerprint density at radius 2 is 1.95 bits per heavy atom. The Bertz CT molecular complexity index is 635. The van der Waals surface area contributed by atoms with Gasteiger partial charge in [-0.3, -0.25) is 4.39 Å². The first-order chi connectivity index (χ1) is 9.79. The summed E-state index contributed by atoms with van der Waals surface area (Å²) in [6.45, 7) is 11.4. The molecule has 121 valence electrons. The molecule has 0 N–H and O–H groups in total. The van der Waals surface area contributed by atoms with Crippen LogP contribution in [-0.4, -0.2) is 13.1 Å². The van der Waals surface area contributed by atoms with Gasteiger partial charge in [-0.2, -0.15) is 0 Å². The molecular formula is C18H23FIrNSi-. The summed E-state index contributed by atoms with van der Waals surface area (Å²) in [7, 11) is -1.45. The fraction of sp³-hybridized carbons (Fsp3) is 0.389. The summed E-state index contributed by atoms with van der Waals surface area (Å²) in [5, 5.41) is 1.37. The molecule has 0 saturated heterocycles. The largest absolute Gasteiger partial charge is 0.305 e. The SMILES string of the molecule is CC(C)Cc1cc(-c2[c-]cccc2F)ncc1[Si](C)(C)C.[Ir]. The van der Waals surface area contributed by atoms with Crippen LogP contribution in [0.1, 0.15) is 19.4 Å². The number of hydrogen-bond acceptors (Lipinski definition) is 1. The van der Waals surface area contributed by atoms with Crippen LogP contribution in [0.25, 0.3) is 11.3 Å². The molecule has 0 fully saturated rings. The first-order valence-electron chi connectivity index (χ1n) is 7.45. The Balaban J connectivity index is 0.00000242. The van der Waals surface area contributed by atoms with E-state index >= 15 is 0 Å². The molecule has 0 bridgehead atoms. The van der Waals surface area contributed by atoms with Gasteiger partial charge in [0.05, 0.1) is 8.07 Å². The summed E-state index contributed by atoms with van der Waals surface area (Å²) < 4.78 is 13.9. The monoisotopic (exact) mass is 493 g/mol. The molecule has 22 heavy (non-hydrogen) atoms. The third-order valence-electron chi connectivity index (χ3n) is 3.49. The number of pyridine rings is 1. The Labute approximate surface area is 147 Å². The predicted molar refractivity (Wildman–Crippen MR) is 90.0 cm³/mol. The van der Waals surface area contributed by atoms with Gasteiger partial charge in [0, 0.05) is 32.1 Å². The Kier molecular flexibility index (Phi) is 6.66. The number of aromatic nitrogens is 1. The predicted octanol–water partition coefficient (Wildman–Crippen LogP) is 4.43. The van der Waals surface area contributed by atoms with Crippen LogP contribution in [0, 0.1) is 17.8 Å². The van der Waals surface area contributed by atoms with Crippen molar-refractivity contribution in [3.8, 4) is 11.3 Å². The molecule has 0 unspecified atom stereocenters. The van der Waals surface area contributed by atoms with E-state index in [2.05, 4.69) is 50.6 Å². The second-order valence-corrected chi connectivity index (χ2v) is 12.0. The van der Waals surface area contributed by atoms with Gasteiger partial charge in [-0.05, 0) is 23.2 Å². The molecule has 0 amide bonds. The van der Waals surface area contributed by atoms with Crippen LogP contribution < -0.4 is 5.19 Å². The molecule has 1 heterocycles. The molecule has 1 radical (unpaired) electrons. The molecule has 0 aliphatic rings. The van der Waals surface area contributed by atoms with Gasteiger partial charge < -0.3 is 4.98 Å². The number of rotatable bonds is 4. The molecule has 1 nitrogen and oxygen atoms in total. The number of hydrogen-bond donors (Lipinski definition) is 0. The van der Waals surface area contributed by atoms with Crippen LogP contribution in [0.3, 0.4) is 0 Å². The van der Waals surface area contributed by atoms with Gasteiger partial charge in [0.2, 0.25) is 0 Å². The zero-order valence-electron chi connectivity index (χ0n) is 13.8. The topological polar surface area (TPSA) is 12.9 Å². The van der Waals surface area contributed by atoms with Crippen molar-refractivity contribution in [3.63, 3.8) is 0 Å². The van der Waals surface area contributed by atoms with Crippen molar-refractivity contribution in [1.82, 2.24) is 4.98 Å². The van der Waals surface area contributed by atoms with Crippen molar-refractivity contribution in [1.29, 1.82) is 0 Å². The van der Waals surface area contributed by atoms with Crippen molar-refractivity contribution < 1.29 is 24.5 Å². The number of nitrogens with zero attached hydrogens (tertiary/aromatic N) is 1. The van der Waals surface area contributed by atoms with Gasteiger partial charge in [-0.15, -0.1) is 24.3 Å². The van der Waals surface area contributed by atoms with E-state index in [-0.39, 0.29) is 25.9 Å². The minimum Gasteiger partial charge on any atom is -0.305 e. The molecule has 0 aliphatic carbocycles. The Morgan fingerprint density at radius 1 is 1.27 bits per heavy atom. The minimum absolute atomic E-state index is 0. The fourth-order valence-electron chi connectivity index (χ4n) is 2.53. The second kappa shape index (κ2) is 7.63. The van der Waals surface area contributed by atoms with E-state index in [0.29, 0.717) is 17.2 Å². The van der Waals surface area contributed by atoms with Crippen molar-refractivity contribution >= 4 is 13.3 Å². The van der Waals surface area contributed by atoms with Gasteiger partial charge >= 0.3 is 0 Å². The standard InChI is InChI=1S/C18H23FNSi.Ir/c1-13(2)10-14-11-17(15-8-6-7-9-16(15)19)20-12-18(14)21(3,4)5;/h6-7,9,11-13H,10H2,1-5H3;/q-1;. The van der Waals surface area contributed by atoms with E-state index < -0.39 is 8.07 Å². The maximum Gasteiger partial charge on any atom is 0.0798 e. The number of benzene rings is 1. The summed E-state index contributed by atoms with van der Waals surface area (Å²) >= 11 is 0. The molecule has 1 aromatic carbocycles. The molecule has 0 aliphatic heterocycles. The van der Waals surface area contributed by atoms with Crippen LogP contribution in [0.2, 0.25) is 19.6 Å². The molecule has 2 rings (SSSR count). The molecule has 0 atom stereocenters. The van der Waals surface area contributed by atoms with Crippen LogP contribution in [0.15, 0.2) is 30.5 Å². The average molecular weight is 493 g/mol. The summed E-state index contributed by atoms with van der Waals surface area (Å²) in [5.74, 6) is 0.307. The Hall–Kier alpha value is -0.834. The van der Waals surface area contributed by atoms with Crippen molar-refractivity contribution in [2.75, 3.05) is 0 Å². The second-order valence-electron chi connectivity index (χ2n) is 6.97. The smallest absolute Gasteiger partial charge is 0.0798 e. The van der Waals surface area contributed by atoms with E-state index in [0.717, 1.165) is 6.42 Å². The van der Waals surface area contributed by atoms with E-state index in [4.69, 9.17) is 0 Å². The van der Waals surface area contributed by atoms with Gasteiger partial charge in [-0.1, -0.05) is 50.7 Å². The molecular weight excluding hydrogens is 470 g/mol. The van der Waals surface area contributed by atoms with Crippen molar-refractivity contribution in [2.24, 2.45) is 5.92 Å². The van der Waals surface area contributed by atoms with Crippen LogP contribution >= 0.6 is 0 Å².